The van der Waals surface area contributed by atoms with E-state index in [4.69, 9.17) is 23.2 Å². The molecule has 0 amide bonds. The zero-order valence-electron chi connectivity index (χ0n) is 16.5. The Morgan fingerprint density at radius 1 is 0.857 bits per heavy atom. The topological polar surface area (TPSA) is 54.4 Å². The zero-order chi connectivity index (χ0) is 21.0. The van der Waals surface area contributed by atoms with Crippen LogP contribution in [0.15, 0.2) is 42.2 Å². The fourth-order valence-electron chi connectivity index (χ4n) is 3.76. The molecular weight excluding hydrogens is 395 g/mol. The van der Waals surface area contributed by atoms with Crippen LogP contribution in [0, 0.1) is 17.8 Å². The summed E-state index contributed by atoms with van der Waals surface area (Å²) in [7, 11) is 0. The van der Waals surface area contributed by atoms with E-state index in [0.29, 0.717) is 15.6 Å². The highest BCUT2D eigenvalue weighted by Crippen LogP contribution is 2.47. The van der Waals surface area contributed by atoms with Gasteiger partial charge in [-0.05, 0) is 69.5 Å². The Bertz CT molecular complexity index is 1050. The van der Waals surface area contributed by atoms with Gasteiger partial charge < -0.3 is 5.11 Å². The molecule has 2 aromatic rings. The summed E-state index contributed by atoms with van der Waals surface area (Å²) in [5.41, 5.74) is 0.815. The third-order valence-electron chi connectivity index (χ3n) is 5.51. The monoisotopic (exact) mass is 416 g/mol. The molecule has 3 rings (SSSR count). The minimum absolute atomic E-state index is 0.190. The summed E-state index contributed by atoms with van der Waals surface area (Å²) in [5, 5.41) is 11.9. The zero-order valence-corrected chi connectivity index (χ0v) is 18.0. The van der Waals surface area contributed by atoms with Gasteiger partial charge in [0.15, 0.2) is 11.6 Å². The van der Waals surface area contributed by atoms with Crippen LogP contribution >= 0.6 is 23.2 Å². The van der Waals surface area contributed by atoms with Crippen molar-refractivity contribution in [3.8, 4) is 11.1 Å². The molecule has 5 heteroatoms. The van der Waals surface area contributed by atoms with Crippen LogP contribution in [-0.2, 0) is 9.59 Å². The number of aliphatic hydroxyl groups excluding tert-OH is 1. The van der Waals surface area contributed by atoms with E-state index in [-0.39, 0.29) is 22.9 Å². The number of hydrogen-bond donors (Lipinski definition) is 1. The largest absolute Gasteiger partial charge is 0.510 e. The molecule has 0 atom stereocenters. The van der Waals surface area contributed by atoms with Gasteiger partial charge in [0.25, 0.3) is 0 Å². The molecule has 0 aliphatic heterocycles. The maximum atomic E-state index is 13.2. The van der Waals surface area contributed by atoms with Crippen molar-refractivity contribution >= 4 is 40.3 Å². The summed E-state index contributed by atoms with van der Waals surface area (Å²) in [5.74, 6) is -0.859. The molecule has 0 aromatic heterocycles. The Balaban J connectivity index is 2.27. The first-order valence-corrected chi connectivity index (χ1v) is 9.74. The van der Waals surface area contributed by atoms with Gasteiger partial charge in [-0.2, -0.15) is 0 Å². The molecule has 146 valence electrons. The van der Waals surface area contributed by atoms with E-state index in [9.17, 15) is 14.7 Å². The molecule has 0 saturated carbocycles. The predicted molar refractivity (Wildman–Crippen MR) is 114 cm³/mol. The first-order chi connectivity index (χ1) is 12.9. The number of carbonyl (C=O) groups is 2. The van der Waals surface area contributed by atoms with Gasteiger partial charge in [-0.1, -0.05) is 41.4 Å². The van der Waals surface area contributed by atoms with Crippen LogP contribution < -0.4 is 0 Å². The number of halogens is 2. The maximum absolute atomic E-state index is 13.2. The average Bonchev–Trinajstić information content (AvgIpc) is 2.61. The Hall–Kier alpha value is -2.10. The minimum atomic E-state index is -1.22. The summed E-state index contributed by atoms with van der Waals surface area (Å²) in [4.78, 5) is 26.0. The second-order valence-corrected chi connectivity index (χ2v) is 9.13. The molecule has 0 heterocycles. The van der Waals surface area contributed by atoms with Crippen molar-refractivity contribution in [2.75, 3.05) is 0 Å². The fourth-order valence-corrected chi connectivity index (χ4v) is 4.27. The third kappa shape index (κ3) is 3.07. The van der Waals surface area contributed by atoms with E-state index >= 15 is 0 Å². The van der Waals surface area contributed by atoms with Crippen LogP contribution in [0.4, 0.5) is 0 Å². The molecule has 0 radical (unpaired) electrons. The number of Topliss-reactive ketones (excluding diaryl/α,β-unsaturated/α-hetero) is 2. The molecule has 0 fully saturated rings. The molecule has 1 aliphatic rings. The molecule has 0 unspecified atom stereocenters. The lowest BCUT2D eigenvalue weighted by atomic mass is 9.62. The number of ketones is 2. The first-order valence-electron chi connectivity index (χ1n) is 8.99. The molecule has 1 N–H and O–H groups in total. The van der Waals surface area contributed by atoms with Gasteiger partial charge in [-0.25, -0.2) is 0 Å². The fraction of sp³-hybridized carbons (Fsp3) is 0.304. The van der Waals surface area contributed by atoms with Crippen molar-refractivity contribution in [1.29, 1.82) is 0 Å². The van der Waals surface area contributed by atoms with Gasteiger partial charge in [-0.3, -0.25) is 9.59 Å². The number of allylic oxidation sites excluding steroid dienone is 2. The number of carbonyl (C=O) groups excluding carboxylic acids is 2. The highest BCUT2D eigenvalue weighted by Gasteiger charge is 2.53. The van der Waals surface area contributed by atoms with Crippen LogP contribution in [0.25, 0.3) is 16.7 Å². The Morgan fingerprint density at radius 3 is 2.11 bits per heavy atom. The summed E-state index contributed by atoms with van der Waals surface area (Å²) in [6, 6.07) is 10.8. The molecule has 0 spiro atoms. The van der Waals surface area contributed by atoms with E-state index < -0.39 is 10.8 Å². The number of rotatable bonds is 2. The van der Waals surface area contributed by atoms with Crippen LogP contribution in [0.5, 0.6) is 0 Å². The number of benzene rings is 2. The highest BCUT2D eigenvalue weighted by atomic mass is 35.5. The number of hydrogen-bond acceptors (Lipinski definition) is 3. The summed E-state index contributed by atoms with van der Waals surface area (Å²) >= 11 is 12.3. The lowest BCUT2D eigenvalue weighted by molar-refractivity contribution is -0.143. The van der Waals surface area contributed by atoms with E-state index in [0.717, 1.165) is 16.7 Å². The van der Waals surface area contributed by atoms with Gasteiger partial charge in [0.05, 0.1) is 16.4 Å². The van der Waals surface area contributed by atoms with E-state index in [1.165, 1.54) is 0 Å². The van der Waals surface area contributed by atoms with Crippen LogP contribution in [0.3, 0.4) is 0 Å². The normalized spacial score (nSPS) is 18.5. The van der Waals surface area contributed by atoms with Crippen molar-refractivity contribution in [3.05, 3.63) is 63.3 Å². The van der Waals surface area contributed by atoms with Gasteiger partial charge in [0.1, 0.15) is 5.76 Å². The molecule has 0 saturated heterocycles. The maximum Gasteiger partial charge on any atom is 0.179 e. The van der Waals surface area contributed by atoms with Gasteiger partial charge >= 0.3 is 0 Å². The molecule has 3 nitrogen and oxygen atoms in total. The van der Waals surface area contributed by atoms with E-state index in [2.05, 4.69) is 0 Å². The predicted octanol–water partition coefficient (Wildman–Crippen LogP) is 6.44. The van der Waals surface area contributed by atoms with Crippen LogP contribution in [-0.4, -0.2) is 16.7 Å². The SMILES string of the molecule is Cc1ccc(-c2ccc(Cl)cc2Cl)cc1C1=C(O)C(C)(C)C(=O)C(C)(C)C1=O. The van der Waals surface area contributed by atoms with Crippen LogP contribution in [0.2, 0.25) is 10.0 Å². The van der Waals surface area contributed by atoms with Crippen molar-refractivity contribution in [3.63, 3.8) is 0 Å². The Labute approximate surface area is 175 Å². The third-order valence-corrected chi connectivity index (χ3v) is 6.06. The van der Waals surface area contributed by atoms with Crippen LogP contribution in [0.1, 0.15) is 38.8 Å². The number of aryl methyl sites for hydroxylation is 1. The van der Waals surface area contributed by atoms with Crippen molar-refractivity contribution in [2.24, 2.45) is 10.8 Å². The van der Waals surface area contributed by atoms with Gasteiger partial charge in [0, 0.05) is 15.6 Å². The van der Waals surface area contributed by atoms with E-state index in [1.807, 2.05) is 31.2 Å². The second-order valence-electron chi connectivity index (χ2n) is 8.29. The van der Waals surface area contributed by atoms with Gasteiger partial charge in [0.2, 0.25) is 0 Å². The quantitative estimate of drug-likeness (QED) is 0.572. The van der Waals surface area contributed by atoms with Crippen molar-refractivity contribution in [1.82, 2.24) is 0 Å². The van der Waals surface area contributed by atoms with Crippen molar-refractivity contribution in [2.45, 2.75) is 34.6 Å². The number of aliphatic hydroxyl groups is 1. The first kappa shape index (κ1) is 20.6. The molecule has 28 heavy (non-hydrogen) atoms. The lowest BCUT2D eigenvalue weighted by Crippen LogP contribution is -2.48. The van der Waals surface area contributed by atoms with E-state index in [1.54, 1.807) is 39.8 Å². The Kier molecular flexibility index (Phi) is 4.97. The second kappa shape index (κ2) is 6.75. The molecule has 0 bridgehead atoms. The lowest BCUT2D eigenvalue weighted by Gasteiger charge is -2.38. The minimum Gasteiger partial charge on any atom is -0.510 e. The highest BCUT2D eigenvalue weighted by molar-refractivity contribution is 6.36. The smallest absolute Gasteiger partial charge is 0.179 e. The summed E-state index contributed by atoms with van der Waals surface area (Å²) in [6.07, 6.45) is 0. The summed E-state index contributed by atoms with van der Waals surface area (Å²) in [6.45, 7) is 8.39. The van der Waals surface area contributed by atoms with Gasteiger partial charge in [-0.15, -0.1) is 0 Å². The molecule has 1 aliphatic carbocycles. The summed E-state index contributed by atoms with van der Waals surface area (Å²) < 4.78 is 0. The average molecular weight is 417 g/mol. The van der Waals surface area contributed by atoms with Crippen molar-refractivity contribution < 1.29 is 14.7 Å². The molecular formula is C23H22Cl2O3. The Morgan fingerprint density at radius 2 is 1.50 bits per heavy atom. The standard InChI is InChI=1S/C23H22Cl2O3/c1-12-6-7-13(15-9-8-14(24)11-17(15)25)10-16(12)18-19(26)22(2,3)21(28)23(4,5)20(18)27/h6-11,26H,1-5H3. The molecule has 2 aromatic carbocycles.